The predicted octanol–water partition coefficient (Wildman–Crippen LogP) is 0.209. The Balaban J connectivity index is 1.72. The number of carbonyl (C=O) groups is 3. The van der Waals surface area contributed by atoms with Gasteiger partial charge in [-0.2, -0.15) is 5.26 Å². The highest BCUT2D eigenvalue weighted by Gasteiger charge is 2.62. The number of hydrogen-bond donors (Lipinski definition) is 3. The molecular weight excluding hydrogens is 558 g/mol. The van der Waals surface area contributed by atoms with Crippen molar-refractivity contribution in [2.24, 2.45) is 0 Å². The average molecular weight is 596 g/mol. The third-order valence-corrected chi connectivity index (χ3v) is 9.75. The lowest BCUT2D eigenvalue weighted by Gasteiger charge is -2.62. The Kier molecular flexibility index (Phi) is 8.00. The van der Waals surface area contributed by atoms with Gasteiger partial charge in [0.1, 0.15) is 30.6 Å². The summed E-state index contributed by atoms with van der Waals surface area (Å²) in [7, 11) is 4.40. The first kappa shape index (κ1) is 30.8. The van der Waals surface area contributed by atoms with E-state index in [2.05, 4.69) is 6.07 Å². The molecule has 0 spiro atoms. The molecule has 5 aliphatic rings. The zero-order valence-electron chi connectivity index (χ0n) is 25.2. The maximum atomic E-state index is 13.9. The minimum absolute atomic E-state index is 0.0210. The molecule has 0 amide bonds. The van der Waals surface area contributed by atoms with E-state index in [1.807, 2.05) is 0 Å². The van der Waals surface area contributed by atoms with Crippen LogP contribution in [0.4, 0.5) is 0 Å². The van der Waals surface area contributed by atoms with Gasteiger partial charge in [-0.3, -0.25) is 19.4 Å². The number of ketones is 2. The van der Waals surface area contributed by atoms with Gasteiger partial charge in [-0.1, -0.05) is 6.08 Å². The smallest absolute Gasteiger partial charge is 0.333 e. The van der Waals surface area contributed by atoms with Crippen LogP contribution >= 0.6 is 0 Å². The van der Waals surface area contributed by atoms with Gasteiger partial charge in [-0.25, -0.2) is 4.79 Å². The number of carbonyl (C=O) groups excluding carboxylic acids is 3. The highest BCUT2D eigenvalue weighted by Crippen LogP contribution is 2.50. The van der Waals surface area contributed by atoms with Gasteiger partial charge in [-0.05, 0) is 52.3 Å². The van der Waals surface area contributed by atoms with Crippen LogP contribution in [0.5, 0.6) is 0 Å². The molecule has 0 aromatic heterocycles. The fourth-order valence-electron chi connectivity index (χ4n) is 7.59. The lowest BCUT2D eigenvalue weighted by molar-refractivity contribution is -0.145. The van der Waals surface area contributed by atoms with Crippen LogP contribution in [-0.2, 0) is 28.6 Å². The Morgan fingerprint density at radius 2 is 1.77 bits per heavy atom. The number of aliphatic hydroxyl groups is 3. The topological polar surface area (TPSA) is 170 Å². The van der Waals surface area contributed by atoms with Gasteiger partial charge in [0, 0.05) is 33.9 Å². The molecule has 0 aromatic carbocycles. The number of rotatable bonds is 5. The van der Waals surface area contributed by atoms with Crippen LogP contribution in [0.1, 0.15) is 34.1 Å². The number of nitrogens with zero attached hydrogens (tertiary/aromatic N) is 3. The van der Waals surface area contributed by atoms with E-state index in [0.29, 0.717) is 16.7 Å². The number of ether oxygens (including phenoxy) is 3. The first-order valence-corrected chi connectivity index (χ1v) is 14.2. The monoisotopic (exact) mass is 595 g/mol. The lowest BCUT2D eigenvalue weighted by atomic mass is 9.66. The highest BCUT2D eigenvalue weighted by atomic mass is 16.5. The highest BCUT2D eigenvalue weighted by molar-refractivity contribution is 6.25. The molecule has 5 rings (SSSR count). The molecule has 1 saturated heterocycles. The van der Waals surface area contributed by atoms with Gasteiger partial charge in [0.05, 0.1) is 44.5 Å². The number of methoxy groups -OCH3 is 2. The molecule has 2 aliphatic carbocycles. The number of likely N-dealkylation sites (N-methyl/N-ethyl adjacent to an activating group) is 1. The minimum atomic E-state index is -1.37. The number of nitriles is 1. The quantitative estimate of drug-likeness (QED) is 0.171. The normalized spacial score (nSPS) is 35.0. The Bertz CT molecular complexity index is 1500. The molecule has 43 heavy (non-hydrogen) atoms. The van der Waals surface area contributed by atoms with Gasteiger partial charge in [-0.15, -0.1) is 0 Å². The summed E-state index contributed by atoms with van der Waals surface area (Å²) in [6, 6.07) is -2.12. The third kappa shape index (κ3) is 4.25. The van der Waals surface area contributed by atoms with Crippen molar-refractivity contribution in [2.75, 3.05) is 27.9 Å². The van der Waals surface area contributed by atoms with Crippen molar-refractivity contribution in [2.45, 2.75) is 82.6 Å². The average Bonchev–Trinajstić information content (AvgIpc) is 2.98. The van der Waals surface area contributed by atoms with E-state index in [0.717, 1.165) is 0 Å². The number of Topliss-reactive ketones (excluding diaryl/α,β-unsaturated/α-hetero) is 2. The van der Waals surface area contributed by atoms with E-state index in [-0.39, 0.29) is 46.8 Å². The largest absolute Gasteiger partial charge is 0.498 e. The first-order chi connectivity index (χ1) is 20.4. The molecule has 2 unspecified atom stereocenters. The lowest BCUT2D eigenvalue weighted by Crippen LogP contribution is -2.77. The maximum absolute atomic E-state index is 13.9. The van der Waals surface area contributed by atoms with E-state index in [1.165, 1.54) is 21.1 Å². The summed E-state index contributed by atoms with van der Waals surface area (Å²) in [6.07, 6.45) is -2.35. The summed E-state index contributed by atoms with van der Waals surface area (Å²) >= 11 is 0. The molecule has 3 heterocycles. The van der Waals surface area contributed by atoms with Crippen LogP contribution in [0.2, 0.25) is 0 Å². The molecule has 3 N–H and O–H groups in total. The van der Waals surface area contributed by atoms with Gasteiger partial charge in [0.2, 0.25) is 5.78 Å². The number of piperazine rings is 1. The number of fused-ring (bicyclic) bond motifs is 5. The van der Waals surface area contributed by atoms with Gasteiger partial charge < -0.3 is 29.5 Å². The summed E-state index contributed by atoms with van der Waals surface area (Å²) in [5.41, 5.74) is 1.65. The summed E-state index contributed by atoms with van der Waals surface area (Å²) in [6.45, 7) is 6.03. The minimum Gasteiger partial charge on any atom is -0.498 e. The van der Waals surface area contributed by atoms with Crippen molar-refractivity contribution in [3.05, 3.63) is 56.6 Å². The van der Waals surface area contributed by atoms with Crippen molar-refractivity contribution in [1.29, 1.82) is 5.26 Å². The standard InChI is InChI=1S/C31H37N3O9/c1-8-12(2)31(40)43-11-18-19-15(24(35)13(3)29(41-6)27(19)38)9-16-22-20-21(25(36)14(4)30(42-7)28(20)39)26(37)23(33(22)5)17(10-32)34(16)18/h8,16-18,22-23,25-26,28,36-37,39H,9,11H2,1-7H3/b12-8-/t16-,17+,18+,22+,23-,25?,26+,28?/m1/s1. The SMILES string of the molecule is C/C=C(/C)C(=O)OC[C@H]1C2=C(C[C@@H]3[C@H]4C5=C(C(O)C(C)=C(OC)C5O)[C@H](O)[C@@H]([C@H](C#N)N31)N4C)C(=O)C(C)=C(OC)C2=O. The molecule has 1 fully saturated rings. The van der Waals surface area contributed by atoms with E-state index in [4.69, 9.17) is 14.2 Å². The maximum Gasteiger partial charge on any atom is 0.333 e. The van der Waals surface area contributed by atoms with Crippen molar-refractivity contribution >= 4 is 17.5 Å². The molecule has 8 atom stereocenters. The first-order valence-electron chi connectivity index (χ1n) is 14.2. The molecule has 0 aromatic rings. The molecular formula is C31H37N3O9. The molecule has 3 aliphatic heterocycles. The van der Waals surface area contributed by atoms with Crippen molar-refractivity contribution in [1.82, 2.24) is 9.80 Å². The molecule has 230 valence electrons. The van der Waals surface area contributed by atoms with Crippen LogP contribution in [0.15, 0.2) is 56.6 Å². The van der Waals surface area contributed by atoms with Crippen LogP contribution in [0, 0.1) is 11.3 Å². The number of aliphatic hydroxyl groups excluding tert-OH is 3. The summed E-state index contributed by atoms with van der Waals surface area (Å²) in [5.74, 6) is -1.52. The van der Waals surface area contributed by atoms with E-state index >= 15 is 0 Å². The summed E-state index contributed by atoms with van der Waals surface area (Å²) in [5, 5.41) is 45.2. The third-order valence-electron chi connectivity index (χ3n) is 9.75. The Morgan fingerprint density at radius 3 is 2.35 bits per heavy atom. The zero-order valence-corrected chi connectivity index (χ0v) is 25.2. The molecule has 0 radical (unpaired) electrons. The van der Waals surface area contributed by atoms with Gasteiger partial charge >= 0.3 is 5.97 Å². The van der Waals surface area contributed by atoms with E-state index in [1.54, 1.807) is 43.7 Å². The number of hydrogen-bond acceptors (Lipinski definition) is 12. The number of esters is 1. The second-order valence-electron chi connectivity index (χ2n) is 11.6. The zero-order chi connectivity index (χ0) is 31.7. The second kappa shape index (κ2) is 11.2. The van der Waals surface area contributed by atoms with Crippen molar-refractivity contribution in [3.63, 3.8) is 0 Å². The van der Waals surface area contributed by atoms with Gasteiger partial charge in [0.15, 0.2) is 11.5 Å². The van der Waals surface area contributed by atoms with Crippen molar-refractivity contribution in [3.8, 4) is 6.07 Å². The molecule has 12 nitrogen and oxygen atoms in total. The van der Waals surface area contributed by atoms with Crippen LogP contribution in [-0.4, -0.2) is 119 Å². The second-order valence-corrected chi connectivity index (χ2v) is 11.6. The van der Waals surface area contributed by atoms with Crippen LogP contribution < -0.4 is 0 Å². The molecule has 12 heteroatoms. The van der Waals surface area contributed by atoms with Crippen molar-refractivity contribution < 1.29 is 43.9 Å². The Hall–Kier alpha value is -3.60. The van der Waals surface area contributed by atoms with Gasteiger partial charge in [0.25, 0.3) is 0 Å². The molecule has 0 saturated carbocycles. The summed E-state index contributed by atoms with van der Waals surface area (Å²) < 4.78 is 16.5. The Labute approximate surface area is 249 Å². The predicted molar refractivity (Wildman–Crippen MR) is 151 cm³/mol. The van der Waals surface area contributed by atoms with Crippen LogP contribution in [0.3, 0.4) is 0 Å². The summed E-state index contributed by atoms with van der Waals surface area (Å²) in [4.78, 5) is 43.9. The van der Waals surface area contributed by atoms with E-state index in [9.17, 15) is 35.0 Å². The fraction of sp³-hybridized carbons (Fsp3) is 0.548. The van der Waals surface area contributed by atoms with E-state index < -0.39 is 66.1 Å². The Morgan fingerprint density at radius 1 is 1.09 bits per heavy atom. The number of allylic oxidation sites excluding steroid dienone is 3. The molecule has 2 bridgehead atoms. The van der Waals surface area contributed by atoms with Crippen LogP contribution in [0.25, 0.3) is 0 Å². The fourth-order valence-corrected chi connectivity index (χ4v) is 7.59.